The second-order valence-corrected chi connectivity index (χ2v) is 3.23. The minimum Gasteiger partial charge on any atom is -0.360 e. The Labute approximate surface area is 89.1 Å². The number of aromatic amines is 3. The van der Waals surface area contributed by atoms with Gasteiger partial charge in [0.2, 0.25) is 5.82 Å². The number of rotatable bonds is 3. The van der Waals surface area contributed by atoms with Crippen molar-refractivity contribution in [2.75, 3.05) is 5.32 Å². The van der Waals surface area contributed by atoms with E-state index in [1.165, 1.54) is 0 Å². The van der Waals surface area contributed by atoms with Gasteiger partial charge < -0.3 is 5.32 Å². The normalized spacial score (nSPS) is 10.3. The van der Waals surface area contributed by atoms with Crippen LogP contribution in [0, 0.1) is 6.92 Å². The molecular weight excluding hydrogens is 212 g/mol. The summed E-state index contributed by atoms with van der Waals surface area (Å²) in [6.07, 6.45) is 1.65. The van der Waals surface area contributed by atoms with Crippen molar-refractivity contribution in [2.45, 2.75) is 13.5 Å². The summed E-state index contributed by atoms with van der Waals surface area (Å²) in [5.41, 5.74) is 0.653. The molecule has 0 bridgehead atoms. The Morgan fingerprint density at radius 1 is 1.38 bits per heavy atom. The van der Waals surface area contributed by atoms with Crippen molar-refractivity contribution in [1.29, 1.82) is 0 Å². The van der Waals surface area contributed by atoms with Crippen LogP contribution in [0.15, 0.2) is 15.8 Å². The number of H-pyrrole nitrogens is 3. The molecule has 0 spiro atoms. The third kappa shape index (κ3) is 2.00. The standard InChI is InChI=1S/C8H10N6O2/c1-4-5(3-10-12-4)2-9-6-7(15)11-8(16)14-13-6/h3H,2H2,1H3,(H,9,13)(H,10,12)(H2,11,14,15,16). The van der Waals surface area contributed by atoms with Crippen molar-refractivity contribution in [1.82, 2.24) is 25.4 Å². The van der Waals surface area contributed by atoms with Crippen molar-refractivity contribution >= 4 is 5.82 Å². The van der Waals surface area contributed by atoms with E-state index in [1.54, 1.807) is 6.20 Å². The van der Waals surface area contributed by atoms with Gasteiger partial charge in [-0.2, -0.15) is 5.10 Å². The van der Waals surface area contributed by atoms with Gasteiger partial charge in [0, 0.05) is 17.8 Å². The molecular formula is C8H10N6O2. The van der Waals surface area contributed by atoms with Gasteiger partial charge in [-0.25, -0.2) is 9.89 Å². The highest BCUT2D eigenvalue weighted by Crippen LogP contribution is 2.03. The number of nitrogens with zero attached hydrogens (tertiary/aromatic N) is 2. The number of anilines is 1. The zero-order valence-corrected chi connectivity index (χ0v) is 8.50. The second kappa shape index (κ2) is 4.01. The molecule has 4 N–H and O–H groups in total. The van der Waals surface area contributed by atoms with Crippen molar-refractivity contribution in [2.24, 2.45) is 0 Å². The van der Waals surface area contributed by atoms with Crippen LogP contribution in [0.4, 0.5) is 5.82 Å². The average Bonchev–Trinajstić information content (AvgIpc) is 2.63. The Balaban J connectivity index is 2.14. The van der Waals surface area contributed by atoms with E-state index in [4.69, 9.17) is 0 Å². The first-order valence-electron chi connectivity index (χ1n) is 4.58. The summed E-state index contributed by atoms with van der Waals surface area (Å²) >= 11 is 0. The van der Waals surface area contributed by atoms with E-state index in [0.717, 1.165) is 11.3 Å². The maximum absolute atomic E-state index is 11.3. The lowest BCUT2D eigenvalue weighted by atomic mass is 10.3. The van der Waals surface area contributed by atoms with E-state index < -0.39 is 11.2 Å². The van der Waals surface area contributed by atoms with Crippen LogP contribution in [0.1, 0.15) is 11.3 Å². The summed E-state index contributed by atoms with van der Waals surface area (Å²) in [7, 11) is 0. The fourth-order valence-corrected chi connectivity index (χ4v) is 1.20. The van der Waals surface area contributed by atoms with Gasteiger partial charge in [0.15, 0.2) is 0 Å². The SMILES string of the molecule is Cc1[nH]ncc1CNc1n[nH]c(=O)[nH]c1=O. The number of hydrogen-bond donors (Lipinski definition) is 4. The van der Waals surface area contributed by atoms with Gasteiger partial charge >= 0.3 is 5.69 Å². The molecule has 0 aliphatic carbocycles. The molecule has 0 aliphatic rings. The van der Waals surface area contributed by atoms with Crippen LogP contribution in [0.5, 0.6) is 0 Å². The topological polar surface area (TPSA) is 119 Å². The number of aryl methyl sites for hydroxylation is 1. The van der Waals surface area contributed by atoms with Crippen molar-refractivity contribution < 1.29 is 0 Å². The highest BCUT2D eigenvalue weighted by atomic mass is 16.2. The fraction of sp³-hybridized carbons (Fsp3) is 0.250. The van der Waals surface area contributed by atoms with Gasteiger partial charge in [-0.05, 0) is 6.92 Å². The van der Waals surface area contributed by atoms with Crippen LogP contribution >= 0.6 is 0 Å². The molecule has 0 aromatic carbocycles. The lowest BCUT2D eigenvalue weighted by Gasteiger charge is -2.01. The molecule has 2 aromatic heterocycles. The molecule has 8 heteroatoms. The van der Waals surface area contributed by atoms with Gasteiger partial charge in [-0.3, -0.25) is 14.9 Å². The molecule has 0 unspecified atom stereocenters. The van der Waals surface area contributed by atoms with Crippen LogP contribution < -0.4 is 16.6 Å². The fourth-order valence-electron chi connectivity index (χ4n) is 1.20. The first-order valence-corrected chi connectivity index (χ1v) is 4.58. The Kier molecular flexibility index (Phi) is 2.54. The van der Waals surface area contributed by atoms with Crippen molar-refractivity contribution in [3.63, 3.8) is 0 Å². The van der Waals surface area contributed by atoms with Crippen LogP contribution in [0.3, 0.4) is 0 Å². The first kappa shape index (κ1) is 10.1. The summed E-state index contributed by atoms with van der Waals surface area (Å²) in [6, 6.07) is 0. The molecule has 0 radical (unpaired) electrons. The summed E-state index contributed by atoms with van der Waals surface area (Å²) in [6.45, 7) is 2.28. The maximum Gasteiger partial charge on any atom is 0.342 e. The van der Waals surface area contributed by atoms with E-state index >= 15 is 0 Å². The minimum atomic E-state index is -0.630. The van der Waals surface area contributed by atoms with Gasteiger partial charge in [-0.1, -0.05) is 0 Å². The molecule has 0 fully saturated rings. The Hall–Kier alpha value is -2.38. The summed E-state index contributed by atoms with van der Waals surface area (Å²) in [4.78, 5) is 24.0. The molecule has 0 saturated heterocycles. The Bertz CT molecular complexity index is 595. The highest BCUT2D eigenvalue weighted by Gasteiger charge is 2.04. The van der Waals surface area contributed by atoms with E-state index in [0.29, 0.717) is 6.54 Å². The molecule has 8 nitrogen and oxygen atoms in total. The maximum atomic E-state index is 11.3. The zero-order valence-electron chi connectivity index (χ0n) is 8.50. The predicted molar refractivity (Wildman–Crippen MR) is 56.1 cm³/mol. The lowest BCUT2D eigenvalue weighted by molar-refractivity contribution is 0.882. The molecule has 84 valence electrons. The average molecular weight is 222 g/mol. The lowest BCUT2D eigenvalue weighted by Crippen LogP contribution is -2.26. The van der Waals surface area contributed by atoms with E-state index in [2.05, 4.69) is 30.7 Å². The van der Waals surface area contributed by atoms with Crippen molar-refractivity contribution in [3.05, 3.63) is 38.3 Å². The Morgan fingerprint density at radius 3 is 2.81 bits per heavy atom. The predicted octanol–water partition coefficient (Wildman–Crippen LogP) is -0.898. The molecule has 16 heavy (non-hydrogen) atoms. The van der Waals surface area contributed by atoms with Gasteiger partial charge in [0.25, 0.3) is 5.56 Å². The quantitative estimate of drug-likeness (QED) is 0.536. The van der Waals surface area contributed by atoms with Crippen LogP contribution in [-0.4, -0.2) is 25.4 Å². The molecule has 0 saturated carbocycles. The summed E-state index contributed by atoms with van der Waals surface area (Å²) < 4.78 is 0. The van der Waals surface area contributed by atoms with E-state index in [-0.39, 0.29) is 5.82 Å². The Morgan fingerprint density at radius 2 is 2.19 bits per heavy atom. The first-order chi connectivity index (χ1) is 7.66. The highest BCUT2D eigenvalue weighted by molar-refractivity contribution is 5.31. The molecule has 2 aromatic rings. The zero-order chi connectivity index (χ0) is 11.5. The number of hydrogen-bond acceptors (Lipinski definition) is 5. The largest absolute Gasteiger partial charge is 0.360 e. The third-order valence-corrected chi connectivity index (χ3v) is 2.09. The smallest absolute Gasteiger partial charge is 0.342 e. The molecule has 0 atom stereocenters. The molecule has 0 aliphatic heterocycles. The third-order valence-electron chi connectivity index (χ3n) is 2.09. The summed E-state index contributed by atoms with van der Waals surface area (Å²) in [5, 5.41) is 15.1. The molecule has 2 heterocycles. The number of nitrogens with one attached hydrogen (secondary N) is 4. The second-order valence-electron chi connectivity index (χ2n) is 3.23. The van der Waals surface area contributed by atoms with E-state index in [9.17, 15) is 9.59 Å². The monoisotopic (exact) mass is 222 g/mol. The van der Waals surface area contributed by atoms with Gasteiger partial charge in [-0.15, -0.1) is 5.10 Å². The van der Waals surface area contributed by atoms with Crippen LogP contribution in [0.2, 0.25) is 0 Å². The van der Waals surface area contributed by atoms with E-state index in [1.807, 2.05) is 6.92 Å². The van der Waals surface area contributed by atoms with Gasteiger partial charge in [0.05, 0.1) is 6.20 Å². The minimum absolute atomic E-state index is 0.0696. The van der Waals surface area contributed by atoms with Crippen molar-refractivity contribution in [3.8, 4) is 0 Å². The molecule has 0 amide bonds. The van der Waals surface area contributed by atoms with Crippen LogP contribution in [-0.2, 0) is 6.54 Å². The summed E-state index contributed by atoms with van der Waals surface area (Å²) in [5.74, 6) is 0.0696. The van der Waals surface area contributed by atoms with Gasteiger partial charge in [0.1, 0.15) is 0 Å². The molecule has 2 rings (SSSR count). The van der Waals surface area contributed by atoms with Crippen LogP contribution in [0.25, 0.3) is 0 Å². The number of aromatic nitrogens is 5.